The van der Waals surface area contributed by atoms with Crippen LogP contribution in [0.1, 0.15) is 5.69 Å². The van der Waals surface area contributed by atoms with Crippen LogP contribution < -0.4 is 4.90 Å². The van der Waals surface area contributed by atoms with Crippen LogP contribution in [-0.2, 0) is 4.79 Å². The van der Waals surface area contributed by atoms with Crippen molar-refractivity contribution in [1.29, 1.82) is 0 Å². The van der Waals surface area contributed by atoms with Crippen LogP contribution in [0, 0.1) is 0 Å². The number of carbonyl (C=O) groups excluding carboxylic acids is 1. The molecule has 1 aromatic heterocycles. The Kier molecular flexibility index (Phi) is 5.03. The van der Waals surface area contributed by atoms with E-state index in [2.05, 4.69) is 14.9 Å². The fourth-order valence-corrected chi connectivity index (χ4v) is 3.45. The first-order chi connectivity index (χ1) is 13.2. The van der Waals surface area contributed by atoms with Crippen LogP contribution >= 0.6 is 11.6 Å². The average Bonchev–Trinajstić information content (AvgIpc) is 2.72. The lowest BCUT2D eigenvalue weighted by atomic mass is 10.2. The van der Waals surface area contributed by atoms with Crippen LogP contribution in [0.5, 0.6) is 0 Å². The van der Waals surface area contributed by atoms with E-state index in [9.17, 15) is 4.79 Å². The Morgan fingerprint density at radius 1 is 0.963 bits per heavy atom. The van der Waals surface area contributed by atoms with Crippen molar-refractivity contribution in [2.45, 2.75) is 0 Å². The minimum absolute atomic E-state index is 0.0104. The molecule has 1 aliphatic heterocycles. The molecule has 1 saturated heterocycles. The third kappa shape index (κ3) is 3.93. The second-order valence-corrected chi connectivity index (χ2v) is 6.79. The topological polar surface area (TPSA) is 49.3 Å². The Labute approximate surface area is 162 Å². The zero-order valence-corrected chi connectivity index (χ0v) is 15.5. The molecule has 2 heterocycles. The summed E-state index contributed by atoms with van der Waals surface area (Å²) in [6.45, 7) is 2.85. The summed E-state index contributed by atoms with van der Waals surface area (Å²) in [6, 6.07) is 15.5. The summed E-state index contributed by atoms with van der Waals surface area (Å²) in [4.78, 5) is 25.4. The SMILES string of the molecule is O=C(/C=C/c1cnc2ccccc2n1)N1CCN(c2ccccc2Cl)CC1. The molecule has 0 unspecified atom stereocenters. The van der Waals surface area contributed by atoms with E-state index in [-0.39, 0.29) is 5.91 Å². The summed E-state index contributed by atoms with van der Waals surface area (Å²) in [5.74, 6) is -0.0104. The van der Waals surface area contributed by atoms with E-state index in [1.54, 1.807) is 18.3 Å². The van der Waals surface area contributed by atoms with Crippen molar-refractivity contribution >= 4 is 40.3 Å². The Bertz CT molecular complexity index is 996. The van der Waals surface area contributed by atoms with Gasteiger partial charge in [0.2, 0.25) is 5.91 Å². The van der Waals surface area contributed by atoms with Gasteiger partial charge < -0.3 is 9.80 Å². The molecule has 0 atom stereocenters. The third-order valence-corrected chi connectivity index (χ3v) is 4.97. The van der Waals surface area contributed by atoms with Gasteiger partial charge in [0.25, 0.3) is 0 Å². The lowest BCUT2D eigenvalue weighted by molar-refractivity contribution is -0.126. The number of anilines is 1. The molecule has 0 spiro atoms. The molecule has 0 radical (unpaired) electrons. The molecule has 4 rings (SSSR count). The van der Waals surface area contributed by atoms with Crippen LogP contribution in [0.4, 0.5) is 5.69 Å². The van der Waals surface area contributed by atoms with Crippen LogP contribution in [-0.4, -0.2) is 47.0 Å². The molecule has 3 aromatic rings. The van der Waals surface area contributed by atoms with Crippen LogP contribution in [0.2, 0.25) is 5.02 Å². The molecule has 0 saturated carbocycles. The summed E-state index contributed by atoms with van der Waals surface area (Å²) >= 11 is 6.27. The standard InChI is InChI=1S/C21H19ClN4O/c22-17-5-1-4-8-20(17)25-11-13-26(14-12-25)21(27)10-9-16-15-23-18-6-2-3-7-19(18)24-16/h1-10,15H,11-14H2/b10-9+. The van der Waals surface area contributed by atoms with Crippen molar-refractivity contribution < 1.29 is 4.79 Å². The number of para-hydroxylation sites is 3. The molecule has 136 valence electrons. The van der Waals surface area contributed by atoms with Crippen LogP contribution in [0.25, 0.3) is 17.1 Å². The van der Waals surface area contributed by atoms with E-state index in [1.165, 1.54) is 0 Å². The van der Waals surface area contributed by atoms with Gasteiger partial charge in [0.1, 0.15) is 0 Å². The van der Waals surface area contributed by atoms with Gasteiger partial charge in [0.05, 0.1) is 33.6 Å². The van der Waals surface area contributed by atoms with Crippen LogP contribution in [0.3, 0.4) is 0 Å². The molecular formula is C21H19ClN4O. The maximum atomic E-state index is 12.5. The number of hydrogen-bond donors (Lipinski definition) is 0. The molecular weight excluding hydrogens is 360 g/mol. The molecule has 0 bridgehead atoms. The highest BCUT2D eigenvalue weighted by molar-refractivity contribution is 6.33. The number of aromatic nitrogens is 2. The average molecular weight is 379 g/mol. The Hall–Kier alpha value is -2.92. The van der Waals surface area contributed by atoms with E-state index >= 15 is 0 Å². The molecule has 1 fully saturated rings. The van der Waals surface area contributed by atoms with E-state index in [0.717, 1.165) is 34.8 Å². The molecule has 6 heteroatoms. The quantitative estimate of drug-likeness (QED) is 0.653. The number of amides is 1. The highest BCUT2D eigenvalue weighted by atomic mass is 35.5. The molecule has 2 aromatic carbocycles. The smallest absolute Gasteiger partial charge is 0.246 e. The Morgan fingerprint density at radius 3 is 2.44 bits per heavy atom. The molecule has 0 aliphatic carbocycles. The van der Waals surface area contributed by atoms with Gasteiger partial charge in [0.15, 0.2) is 0 Å². The number of nitrogens with zero attached hydrogens (tertiary/aromatic N) is 4. The van der Waals surface area contributed by atoms with Gasteiger partial charge in [-0.2, -0.15) is 0 Å². The van der Waals surface area contributed by atoms with Gasteiger partial charge in [-0.15, -0.1) is 0 Å². The lowest BCUT2D eigenvalue weighted by Crippen LogP contribution is -2.48. The minimum atomic E-state index is -0.0104. The first-order valence-electron chi connectivity index (χ1n) is 8.89. The first kappa shape index (κ1) is 17.5. The third-order valence-electron chi connectivity index (χ3n) is 4.65. The zero-order chi connectivity index (χ0) is 18.6. The monoisotopic (exact) mass is 378 g/mol. The van der Waals surface area contributed by atoms with Gasteiger partial charge >= 0.3 is 0 Å². The second kappa shape index (κ2) is 7.76. The zero-order valence-electron chi connectivity index (χ0n) is 14.8. The molecule has 0 N–H and O–H groups in total. The van der Waals surface area contributed by atoms with Gasteiger partial charge in [-0.05, 0) is 30.3 Å². The van der Waals surface area contributed by atoms with Crippen molar-refractivity contribution in [1.82, 2.24) is 14.9 Å². The van der Waals surface area contributed by atoms with E-state index in [4.69, 9.17) is 11.6 Å². The molecule has 27 heavy (non-hydrogen) atoms. The number of rotatable bonds is 3. The maximum absolute atomic E-state index is 12.5. The number of fused-ring (bicyclic) bond motifs is 1. The highest BCUT2D eigenvalue weighted by Crippen LogP contribution is 2.26. The summed E-state index contributed by atoms with van der Waals surface area (Å²) in [5.41, 5.74) is 3.36. The summed E-state index contributed by atoms with van der Waals surface area (Å²) in [6.07, 6.45) is 4.98. The summed E-state index contributed by atoms with van der Waals surface area (Å²) in [7, 11) is 0. The normalized spacial score (nSPS) is 14.9. The minimum Gasteiger partial charge on any atom is -0.367 e. The molecule has 1 aliphatic rings. The van der Waals surface area contributed by atoms with Crippen molar-refractivity contribution in [3.05, 3.63) is 71.5 Å². The second-order valence-electron chi connectivity index (χ2n) is 6.38. The number of benzene rings is 2. The van der Waals surface area contributed by atoms with E-state index in [0.29, 0.717) is 18.8 Å². The number of halogens is 1. The lowest BCUT2D eigenvalue weighted by Gasteiger charge is -2.36. The van der Waals surface area contributed by atoms with Crippen molar-refractivity contribution in [3.8, 4) is 0 Å². The van der Waals surface area contributed by atoms with Gasteiger partial charge in [-0.25, -0.2) is 4.98 Å². The van der Waals surface area contributed by atoms with Crippen molar-refractivity contribution in [3.63, 3.8) is 0 Å². The largest absolute Gasteiger partial charge is 0.367 e. The first-order valence-corrected chi connectivity index (χ1v) is 9.27. The number of piperazine rings is 1. The predicted octanol–water partition coefficient (Wildman–Crippen LogP) is 3.65. The van der Waals surface area contributed by atoms with Crippen molar-refractivity contribution in [2.24, 2.45) is 0 Å². The molecule has 5 nitrogen and oxygen atoms in total. The summed E-state index contributed by atoms with van der Waals surface area (Å²) < 4.78 is 0. The summed E-state index contributed by atoms with van der Waals surface area (Å²) in [5, 5.41) is 0.743. The number of carbonyl (C=O) groups is 1. The van der Waals surface area contributed by atoms with E-state index in [1.807, 2.05) is 53.4 Å². The highest BCUT2D eigenvalue weighted by Gasteiger charge is 2.20. The Balaban J connectivity index is 1.39. The fourth-order valence-electron chi connectivity index (χ4n) is 3.19. The van der Waals surface area contributed by atoms with Crippen molar-refractivity contribution in [2.75, 3.05) is 31.1 Å². The predicted molar refractivity (Wildman–Crippen MR) is 109 cm³/mol. The van der Waals surface area contributed by atoms with Gasteiger partial charge in [-0.1, -0.05) is 35.9 Å². The maximum Gasteiger partial charge on any atom is 0.246 e. The van der Waals surface area contributed by atoms with Gasteiger partial charge in [-0.3, -0.25) is 9.78 Å². The van der Waals surface area contributed by atoms with Gasteiger partial charge in [0, 0.05) is 32.3 Å². The van der Waals surface area contributed by atoms with Crippen LogP contribution in [0.15, 0.2) is 60.8 Å². The fraction of sp³-hybridized carbons (Fsp3) is 0.190. The molecule has 1 amide bonds. The van der Waals surface area contributed by atoms with E-state index < -0.39 is 0 Å². The Morgan fingerprint density at radius 2 is 1.67 bits per heavy atom. The number of hydrogen-bond acceptors (Lipinski definition) is 4.